The molecule has 2 aromatic carbocycles. The van der Waals surface area contributed by atoms with Crippen LogP contribution in [0.3, 0.4) is 0 Å². The maximum Gasteiger partial charge on any atom is 0.273 e. The van der Waals surface area contributed by atoms with Gasteiger partial charge in [-0.3, -0.25) is 14.6 Å². The minimum atomic E-state index is -0.280. The number of carbonyl (C=O) groups is 1. The van der Waals surface area contributed by atoms with E-state index in [1.807, 2.05) is 74.5 Å². The summed E-state index contributed by atoms with van der Waals surface area (Å²) < 4.78 is 0. The summed E-state index contributed by atoms with van der Waals surface area (Å²) in [5.74, 6) is 0.109. The van der Waals surface area contributed by atoms with Gasteiger partial charge in [0, 0.05) is 18.2 Å². The normalized spacial score (nSPS) is 10.8. The summed E-state index contributed by atoms with van der Waals surface area (Å²) >= 11 is 1.18. The Morgan fingerprint density at radius 1 is 1.04 bits per heavy atom. The van der Waals surface area contributed by atoms with Crippen LogP contribution in [0.25, 0.3) is 0 Å². The van der Waals surface area contributed by atoms with Gasteiger partial charge in [0.15, 0.2) is 5.16 Å². The molecular formula is C21H22N4O2S. The summed E-state index contributed by atoms with van der Waals surface area (Å²) in [4.78, 5) is 29.5. The smallest absolute Gasteiger partial charge is 0.273 e. The zero-order valence-electron chi connectivity index (χ0n) is 15.8. The lowest BCUT2D eigenvalue weighted by atomic mass is 10.1. The molecule has 28 heavy (non-hydrogen) atoms. The zero-order chi connectivity index (χ0) is 19.9. The Balaban J connectivity index is 1.66. The van der Waals surface area contributed by atoms with Gasteiger partial charge < -0.3 is 4.90 Å². The molecule has 1 aromatic heterocycles. The summed E-state index contributed by atoms with van der Waals surface area (Å²) in [6, 6.07) is 19.2. The molecule has 144 valence electrons. The van der Waals surface area contributed by atoms with E-state index in [0.29, 0.717) is 17.3 Å². The lowest BCUT2D eigenvalue weighted by Crippen LogP contribution is -2.38. The third-order valence-electron chi connectivity index (χ3n) is 4.11. The standard InChI is InChI=1S/C21H22N4O2S/c1-15(2)25(17-11-7-4-8-12-17)19(26)14-28-21-22-20(27)18(23-24-21)13-16-9-5-3-6-10-16/h3-12,15H,13-14H2,1-2H3,(H,22,24,27). The second-order valence-corrected chi connectivity index (χ2v) is 7.51. The number of thioether (sulfide) groups is 1. The van der Waals surface area contributed by atoms with Crippen LogP contribution >= 0.6 is 11.8 Å². The molecule has 1 amide bonds. The Labute approximate surface area is 168 Å². The first-order valence-corrected chi connectivity index (χ1v) is 10.0. The summed E-state index contributed by atoms with van der Waals surface area (Å²) in [5.41, 5.74) is 1.92. The first kappa shape index (κ1) is 19.8. The molecule has 6 nitrogen and oxygen atoms in total. The monoisotopic (exact) mass is 394 g/mol. The molecule has 7 heteroatoms. The molecule has 0 spiro atoms. The Bertz CT molecular complexity index is 974. The fourth-order valence-corrected chi connectivity index (χ4v) is 3.50. The quantitative estimate of drug-likeness (QED) is 0.622. The molecule has 1 heterocycles. The molecule has 3 rings (SSSR count). The number of carbonyl (C=O) groups excluding carboxylic acids is 1. The van der Waals surface area contributed by atoms with Crippen LogP contribution in [0.15, 0.2) is 70.6 Å². The second-order valence-electron chi connectivity index (χ2n) is 6.55. The minimum Gasteiger partial charge on any atom is -0.309 e. The summed E-state index contributed by atoms with van der Waals surface area (Å²) in [7, 11) is 0. The van der Waals surface area contributed by atoms with Gasteiger partial charge in [-0.25, -0.2) is 0 Å². The van der Waals surface area contributed by atoms with Gasteiger partial charge in [-0.15, -0.1) is 10.2 Å². The van der Waals surface area contributed by atoms with E-state index in [1.165, 1.54) is 11.8 Å². The Hall–Kier alpha value is -2.93. The van der Waals surface area contributed by atoms with Crippen LogP contribution in [0.4, 0.5) is 5.69 Å². The number of nitrogens with one attached hydrogen (secondary N) is 1. The van der Waals surface area contributed by atoms with Gasteiger partial charge in [0.2, 0.25) is 5.91 Å². The van der Waals surface area contributed by atoms with Crippen molar-refractivity contribution in [3.63, 3.8) is 0 Å². The number of benzene rings is 2. The minimum absolute atomic E-state index is 0.0221. The molecule has 3 aromatic rings. The van der Waals surface area contributed by atoms with Crippen LogP contribution in [0.5, 0.6) is 0 Å². The third kappa shape index (κ3) is 5.07. The van der Waals surface area contributed by atoms with Crippen LogP contribution < -0.4 is 10.5 Å². The molecule has 0 fully saturated rings. The highest BCUT2D eigenvalue weighted by Crippen LogP contribution is 2.19. The molecule has 0 saturated heterocycles. The van der Waals surface area contributed by atoms with Gasteiger partial charge in [-0.2, -0.15) is 0 Å². The number of hydrogen-bond acceptors (Lipinski definition) is 5. The summed E-state index contributed by atoms with van der Waals surface area (Å²) in [6.45, 7) is 3.94. The van der Waals surface area contributed by atoms with Crippen LogP contribution in [0.2, 0.25) is 0 Å². The van der Waals surface area contributed by atoms with Gasteiger partial charge in [0.05, 0.1) is 5.75 Å². The molecule has 0 unspecified atom stereocenters. The van der Waals surface area contributed by atoms with E-state index in [4.69, 9.17) is 0 Å². The second kappa shape index (κ2) is 9.32. The molecule has 1 N–H and O–H groups in total. The van der Waals surface area contributed by atoms with Crippen molar-refractivity contribution >= 4 is 23.4 Å². The summed E-state index contributed by atoms with van der Waals surface area (Å²) in [6.07, 6.45) is 0.419. The van der Waals surface area contributed by atoms with Crippen molar-refractivity contribution < 1.29 is 4.79 Å². The molecule has 0 aliphatic heterocycles. The van der Waals surface area contributed by atoms with E-state index in [9.17, 15) is 9.59 Å². The molecule has 0 bridgehead atoms. The molecule has 0 saturated carbocycles. The number of anilines is 1. The van der Waals surface area contributed by atoms with Crippen molar-refractivity contribution in [1.29, 1.82) is 0 Å². The number of hydrogen-bond donors (Lipinski definition) is 1. The lowest BCUT2D eigenvalue weighted by molar-refractivity contribution is -0.116. The van der Waals surface area contributed by atoms with Crippen LogP contribution in [-0.2, 0) is 11.2 Å². The van der Waals surface area contributed by atoms with E-state index in [0.717, 1.165) is 11.3 Å². The molecular weight excluding hydrogens is 372 g/mol. The predicted molar refractivity (Wildman–Crippen MR) is 112 cm³/mol. The van der Waals surface area contributed by atoms with Gasteiger partial charge in [-0.1, -0.05) is 60.3 Å². The van der Waals surface area contributed by atoms with Gasteiger partial charge in [-0.05, 0) is 31.5 Å². The van der Waals surface area contributed by atoms with Crippen molar-refractivity contribution in [1.82, 2.24) is 15.2 Å². The van der Waals surface area contributed by atoms with Crippen molar-refractivity contribution in [3.8, 4) is 0 Å². The fraction of sp³-hybridized carbons (Fsp3) is 0.238. The third-order valence-corrected chi connectivity index (χ3v) is 4.96. The molecule has 0 radical (unpaired) electrons. The maximum atomic E-state index is 12.7. The molecule has 0 atom stereocenters. The Morgan fingerprint density at radius 2 is 1.68 bits per heavy atom. The van der Waals surface area contributed by atoms with Crippen LogP contribution in [-0.4, -0.2) is 32.9 Å². The van der Waals surface area contributed by atoms with Gasteiger partial charge in [0.1, 0.15) is 5.69 Å². The number of rotatable bonds is 7. The number of aromatic amines is 1. The molecule has 0 aliphatic carbocycles. The summed E-state index contributed by atoms with van der Waals surface area (Å²) in [5, 5.41) is 8.46. The molecule has 0 aliphatic rings. The SMILES string of the molecule is CC(C)N(C(=O)CSc1nnc(Cc2ccccc2)c(=O)[nH]1)c1ccccc1. The first-order valence-electron chi connectivity index (χ1n) is 9.04. The topological polar surface area (TPSA) is 79.0 Å². The van der Waals surface area contributed by atoms with E-state index < -0.39 is 0 Å². The largest absolute Gasteiger partial charge is 0.309 e. The number of aromatic nitrogens is 3. The first-order chi connectivity index (χ1) is 13.5. The highest BCUT2D eigenvalue weighted by atomic mass is 32.2. The highest BCUT2D eigenvalue weighted by molar-refractivity contribution is 7.99. The zero-order valence-corrected chi connectivity index (χ0v) is 16.6. The number of nitrogens with zero attached hydrogens (tertiary/aromatic N) is 3. The Kier molecular flexibility index (Phi) is 6.60. The lowest BCUT2D eigenvalue weighted by Gasteiger charge is -2.26. The van der Waals surface area contributed by atoms with Crippen molar-refractivity contribution in [2.24, 2.45) is 0 Å². The Morgan fingerprint density at radius 3 is 2.29 bits per heavy atom. The average molecular weight is 395 g/mol. The van der Waals surface area contributed by atoms with E-state index >= 15 is 0 Å². The van der Waals surface area contributed by atoms with Crippen molar-refractivity contribution in [2.75, 3.05) is 10.7 Å². The predicted octanol–water partition coefficient (Wildman–Crippen LogP) is 3.29. The number of H-pyrrole nitrogens is 1. The fourth-order valence-electron chi connectivity index (χ4n) is 2.83. The highest BCUT2D eigenvalue weighted by Gasteiger charge is 2.19. The van der Waals surface area contributed by atoms with Crippen LogP contribution in [0, 0.1) is 0 Å². The number of amides is 1. The maximum absolute atomic E-state index is 12.7. The van der Waals surface area contributed by atoms with E-state index in [2.05, 4.69) is 15.2 Å². The van der Waals surface area contributed by atoms with E-state index in [-0.39, 0.29) is 23.3 Å². The average Bonchev–Trinajstić information content (AvgIpc) is 2.70. The van der Waals surface area contributed by atoms with Crippen molar-refractivity contribution in [3.05, 3.63) is 82.3 Å². The van der Waals surface area contributed by atoms with Gasteiger partial charge >= 0.3 is 0 Å². The van der Waals surface area contributed by atoms with Crippen LogP contribution in [0.1, 0.15) is 25.1 Å². The number of para-hydroxylation sites is 1. The van der Waals surface area contributed by atoms with E-state index in [1.54, 1.807) is 4.90 Å². The van der Waals surface area contributed by atoms with Crippen molar-refractivity contribution in [2.45, 2.75) is 31.5 Å². The van der Waals surface area contributed by atoms with Gasteiger partial charge in [0.25, 0.3) is 5.56 Å².